The molecule has 1 saturated carbocycles. The maximum atomic E-state index is 11.0. The van der Waals surface area contributed by atoms with E-state index in [1.165, 1.54) is 31.4 Å². The van der Waals surface area contributed by atoms with E-state index in [0.717, 1.165) is 18.9 Å². The van der Waals surface area contributed by atoms with Crippen LogP contribution in [0.3, 0.4) is 0 Å². The van der Waals surface area contributed by atoms with E-state index in [0.29, 0.717) is 5.92 Å². The Morgan fingerprint density at radius 3 is 2.48 bits per heavy atom. The largest absolute Gasteiger partial charge is 0.301 e. The first-order chi connectivity index (χ1) is 10.1. The Morgan fingerprint density at radius 2 is 1.86 bits per heavy atom. The molecular formula is C13H16N4O4. The lowest BCUT2D eigenvalue weighted by molar-refractivity contribution is -0.393. The maximum absolute atomic E-state index is 11.0. The molecule has 0 amide bonds. The zero-order valence-corrected chi connectivity index (χ0v) is 11.4. The summed E-state index contributed by atoms with van der Waals surface area (Å²) >= 11 is 0. The Morgan fingerprint density at radius 1 is 1.14 bits per heavy atom. The minimum absolute atomic E-state index is 0.151. The van der Waals surface area contributed by atoms with E-state index >= 15 is 0 Å². The van der Waals surface area contributed by atoms with Crippen molar-refractivity contribution in [3.8, 4) is 0 Å². The molecule has 8 nitrogen and oxygen atoms in total. The van der Waals surface area contributed by atoms with Gasteiger partial charge in [-0.05, 0) is 24.8 Å². The molecule has 1 fully saturated rings. The summed E-state index contributed by atoms with van der Waals surface area (Å²) in [5.74, 6) is 0.392. The molecule has 21 heavy (non-hydrogen) atoms. The first-order valence-corrected chi connectivity index (χ1v) is 6.80. The molecule has 8 heteroatoms. The molecule has 2 rings (SSSR count). The number of hydrogen-bond acceptors (Lipinski definition) is 6. The van der Waals surface area contributed by atoms with E-state index in [1.54, 1.807) is 6.21 Å². The number of nitro benzene ring substituents is 2. The van der Waals surface area contributed by atoms with Gasteiger partial charge in [0.15, 0.2) is 0 Å². The number of hydrogen-bond donors (Lipinski definition) is 1. The Kier molecular flexibility index (Phi) is 4.81. The van der Waals surface area contributed by atoms with Gasteiger partial charge in [0.1, 0.15) is 5.69 Å². The van der Waals surface area contributed by atoms with Crippen molar-refractivity contribution in [1.82, 2.24) is 0 Å². The number of benzene rings is 1. The molecule has 0 bridgehead atoms. The number of nitrogens with zero attached hydrogens (tertiary/aromatic N) is 3. The smallest absolute Gasteiger partial charge is 0.272 e. The highest BCUT2D eigenvalue weighted by Crippen LogP contribution is 2.29. The first kappa shape index (κ1) is 14.9. The van der Waals surface area contributed by atoms with Crippen molar-refractivity contribution in [2.45, 2.75) is 32.1 Å². The van der Waals surface area contributed by atoms with Crippen molar-refractivity contribution in [1.29, 1.82) is 0 Å². The fourth-order valence-electron chi connectivity index (χ4n) is 2.37. The van der Waals surface area contributed by atoms with Crippen molar-refractivity contribution in [2.75, 3.05) is 5.43 Å². The third-order valence-corrected chi connectivity index (χ3v) is 3.51. The normalized spacial score (nSPS) is 16.0. The van der Waals surface area contributed by atoms with Crippen molar-refractivity contribution in [2.24, 2.45) is 11.0 Å². The number of hydrazone groups is 1. The number of anilines is 1. The Bertz CT molecular complexity index is 567. The molecule has 1 aliphatic carbocycles. The highest BCUT2D eigenvalue weighted by Gasteiger charge is 2.19. The third kappa shape index (κ3) is 3.98. The lowest BCUT2D eigenvalue weighted by Crippen LogP contribution is -2.08. The Hall–Kier alpha value is -2.51. The second-order valence-corrected chi connectivity index (χ2v) is 5.00. The van der Waals surface area contributed by atoms with Crippen LogP contribution in [0.5, 0.6) is 0 Å². The minimum atomic E-state index is -0.665. The predicted molar refractivity (Wildman–Crippen MR) is 78.4 cm³/mol. The van der Waals surface area contributed by atoms with Gasteiger partial charge in [0.25, 0.3) is 5.69 Å². The Labute approximate surface area is 121 Å². The zero-order valence-electron chi connectivity index (χ0n) is 11.4. The molecule has 0 aromatic heterocycles. The van der Waals surface area contributed by atoms with Crippen molar-refractivity contribution >= 4 is 23.3 Å². The molecule has 1 aromatic rings. The molecule has 0 atom stereocenters. The van der Waals surface area contributed by atoms with Gasteiger partial charge in [-0.3, -0.25) is 25.7 Å². The monoisotopic (exact) mass is 292 g/mol. The highest BCUT2D eigenvalue weighted by atomic mass is 16.6. The molecule has 0 saturated heterocycles. The highest BCUT2D eigenvalue weighted by molar-refractivity contribution is 5.68. The molecule has 0 aliphatic heterocycles. The average Bonchev–Trinajstić information content (AvgIpc) is 2.48. The molecule has 0 radical (unpaired) electrons. The fourth-order valence-corrected chi connectivity index (χ4v) is 2.37. The van der Waals surface area contributed by atoms with E-state index in [4.69, 9.17) is 0 Å². The van der Waals surface area contributed by atoms with Gasteiger partial charge < -0.3 is 0 Å². The van der Waals surface area contributed by atoms with Crippen LogP contribution in [0.1, 0.15) is 32.1 Å². The van der Waals surface area contributed by atoms with E-state index in [2.05, 4.69) is 10.5 Å². The SMILES string of the molecule is O=[N+]([O-])c1ccc(N/N=C\C2CCCCC2)c([N+](=O)[O-])c1. The average molecular weight is 292 g/mol. The fraction of sp³-hybridized carbons (Fsp3) is 0.462. The summed E-state index contributed by atoms with van der Waals surface area (Å²) < 4.78 is 0. The molecule has 1 aliphatic rings. The van der Waals surface area contributed by atoms with Crippen LogP contribution in [0.4, 0.5) is 17.1 Å². The van der Waals surface area contributed by atoms with Crippen LogP contribution < -0.4 is 5.43 Å². The number of non-ortho nitro benzene ring substituents is 1. The summed E-state index contributed by atoms with van der Waals surface area (Å²) in [5.41, 5.74) is 2.09. The molecule has 112 valence electrons. The van der Waals surface area contributed by atoms with Gasteiger partial charge in [0.2, 0.25) is 0 Å². The van der Waals surface area contributed by atoms with Gasteiger partial charge in [-0.25, -0.2) is 0 Å². The van der Waals surface area contributed by atoms with Crippen LogP contribution in [-0.4, -0.2) is 16.1 Å². The minimum Gasteiger partial charge on any atom is -0.272 e. The maximum Gasteiger partial charge on any atom is 0.301 e. The van der Waals surface area contributed by atoms with E-state index in [1.807, 2.05) is 0 Å². The van der Waals surface area contributed by atoms with E-state index in [-0.39, 0.29) is 17.1 Å². The second kappa shape index (κ2) is 6.78. The molecule has 0 unspecified atom stereocenters. The molecular weight excluding hydrogens is 276 g/mol. The summed E-state index contributed by atoms with van der Waals surface area (Å²) in [7, 11) is 0. The predicted octanol–water partition coefficient (Wildman–Crippen LogP) is 3.48. The van der Waals surface area contributed by atoms with Crippen LogP contribution in [0.15, 0.2) is 23.3 Å². The van der Waals surface area contributed by atoms with Crippen molar-refractivity contribution in [3.63, 3.8) is 0 Å². The van der Waals surface area contributed by atoms with Gasteiger partial charge >= 0.3 is 5.69 Å². The molecule has 0 heterocycles. The number of rotatable bonds is 5. The van der Waals surface area contributed by atoms with Gasteiger partial charge in [0, 0.05) is 12.3 Å². The molecule has 0 spiro atoms. The quantitative estimate of drug-likeness (QED) is 0.507. The van der Waals surface area contributed by atoms with Gasteiger partial charge in [-0.2, -0.15) is 5.10 Å². The van der Waals surface area contributed by atoms with Crippen LogP contribution in [0, 0.1) is 26.1 Å². The summed E-state index contributed by atoms with van der Waals surface area (Å²) in [6.07, 6.45) is 7.51. The zero-order chi connectivity index (χ0) is 15.2. The van der Waals surface area contributed by atoms with E-state index in [9.17, 15) is 20.2 Å². The van der Waals surface area contributed by atoms with Crippen LogP contribution in [0.2, 0.25) is 0 Å². The number of nitro groups is 2. The second-order valence-electron chi connectivity index (χ2n) is 5.00. The summed E-state index contributed by atoms with van der Waals surface area (Å²) in [6.45, 7) is 0. The summed E-state index contributed by atoms with van der Waals surface area (Å²) in [4.78, 5) is 20.3. The number of nitrogens with one attached hydrogen (secondary N) is 1. The van der Waals surface area contributed by atoms with E-state index < -0.39 is 9.85 Å². The van der Waals surface area contributed by atoms with Crippen LogP contribution >= 0.6 is 0 Å². The summed E-state index contributed by atoms with van der Waals surface area (Å²) in [5, 5.41) is 25.6. The van der Waals surface area contributed by atoms with Gasteiger partial charge in [-0.15, -0.1) is 0 Å². The van der Waals surface area contributed by atoms with Gasteiger partial charge in [-0.1, -0.05) is 19.3 Å². The van der Waals surface area contributed by atoms with Crippen LogP contribution in [-0.2, 0) is 0 Å². The van der Waals surface area contributed by atoms with Crippen LogP contribution in [0.25, 0.3) is 0 Å². The lowest BCUT2D eigenvalue weighted by atomic mass is 9.90. The topological polar surface area (TPSA) is 111 Å². The van der Waals surface area contributed by atoms with Gasteiger partial charge in [0.05, 0.1) is 15.9 Å². The lowest BCUT2D eigenvalue weighted by Gasteiger charge is -2.16. The standard InChI is InChI=1S/C13H16N4O4/c18-16(19)11-6-7-12(13(8-11)17(20)21)15-14-9-10-4-2-1-3-5-10/h6-10,15H,1-5H2/b14-9-. The molecule has 1 N–H and O–H groups in total. The first-order valence-electron chi connectivity index (χ1n) is 6.80. The summed E-state index contributed by atoms with van der Waals surface area (Å²) in [6, 6.07) is 3.44. The van der Waals surface area contributed by atoms with Crippen molar-refractivity contribution in [3.05, 3.63) is 38.4 Å². The Balaban J connectivity index is 2.09. The van der Waals surface area contributed by atoms with Crippen molar-refractivity contribution < 1.29 is 9.85 Å². The molecule has 1 aromatic carbocycles. The third-order valence-electron chi connectivity index (χ3n) is 3.51.